The second-order valence-corrected chi connectivity index (χ2v) is 17.1. The molecular formula is C52H52N12O6. The minimum absolute atomic E-state index is 0.194. The molecule has 0 unspecified atom stereocenters. The lowest BCUT2D eigenvalue weighted by Gasteiger charge is -2.22. The monoisotopic (exact) mass is 940 g/mol. The van der Waals surface area contributed by atoms with Crippen molar-refractivity contribution in [1.29, 1.82) is 0 Å². The van der Waals surface area contributed by atoms with Crippen molar-refractivity contribution in [2.45, 2.75) is 38.8 Å². The second kappa shape index (κ2) is 22.7. The predicted octanol–water partition coefficient (Wildman–Crippen LogP) is 6.57. The van der Waals surface area contributed by atoms with Gasteiger partial charge in [0.2, 0.25) is 0 Å². The molecule has 4 aromatic heterocycles. The average Bonchev–Trinajstić information content (AvgIpc) is 4.14. The maximum Gasteiger partial charge on any atom is 0.272 e. The summed E-state index contributed by atoms with van der Waals surface area (Å²) in [6.07, 6.45) is 13.3. The summed E-state index contributed by atoms with van der Waals surface area (Å²) in [6.45, 7) is 5.13. The van der Waals surface area contributed by atoms with E-state index in [4.69, 9.17) is 9.47 Å². The Hall–Kier alpha value is -8.22. The van der Waals surface area contributed by atoms with Crippen LogP contribution in [-0.2, 0) is 22.6 Å². The lowest BCUT2D eigenvalue weighted by atomic mass is 9.98. The topological polar surface area (TPSA) is 222 Å². The van der Waals surface area contributed by atoms with Gasteiger partial charge in [-0.25, -0.2) is 19.6 Å². The second-order valence-electron chi connectivity index (χ2n) is 17.1. The van der Waals surface area contributed by atoms with E-state index in [9.17, 15) is 19.2 Å². The maximum atomic E-state index is 13.3. The van der Waals surface area contributed by atoms with Gasteiger partial charge >= 0.3 is 0 Å². The molecule has 18 heteroatoms. The number of aromatic nitrogens is 8. The first kappa shape index (κ1) is 46.9. The number of pyridine rings is 2. The van der Waals surface area contributed by atoms with E-state index in [2.05, 4.69) is 51.5 Å². The number of anilines is 2. The molecule has 0 atom stereocenters. The first-order chi connectivity index (χ1) is 34.4. The summed E-state index contributed by atoms with van der Waals surface area (Å²) in [6, 6.07) is 29.7. The fourth-order valence-corrected chi connectivity index (χ4v) is 8.68. The molecule has 2 aliphatic rings. The molecule has 2 saturated heterocycles. The predicted molar refractivity (Wildman–Crippen MR) is 262 cm³/mol. The summed E-state index contributed by atoms with van der Waals surface area (Å²) in [5.74, 6) is -0.445. The number of ether oxygens (including phenoxy) is 2. The van der Waals surface area contributed by atoms with Crippen LogP contribution in [-0.4, -0.2) is 103 Å². The SMILES string of the molecule is O=C(NCC1CCOCC1)c1ncccc1NC(=O)c1ccc(Cn2cncn2)c2ccccc12.O=C(NCC1CCOCC1)c1ncccc1NC(=O)c1ccc(Cn2cnnc2)c2ccccc12. The minimum Gasteiger partial charge on any atom is -0.381 e. The summed E-state index contributed by atoms with van der Waals surface area (Å²) in [4.78, 5) is 64.9. The first-order valence-corrected chi connectivity index (χ1v) is 23.3. The maximum absolute atomic E-state index is 13.3. The summed E-state index contributed by atoms with van der Waals surface area (Å²) in [5.41, 5.74) is 4.24. The molecule has 4 amide bonds. The van der Waals surface area contributed by atoms with E-state index < -0.39 is 0 Å². The summed E-state index contributed by atoms with van der Waals surface area (Å²) >= 11 is 0. The number of carbonyl (C=O) groups is 4. The Morgan fingerprint density at radius 1 is 0.529 bits per heavy atom. The number of rotatable bonds is 14. The molecule has 10 rings (SSSR count). The Morgan fingerprint density at radius 2 is 1.00 bits per heavy atom. The van der Waals surface area contributed by atoms with Crippen molar-refractivity contribution in [3.05, 3.63) is 168 Å². The third-order valence-electron chi connectivity index (χ3n) is 12.5. The highest BCUT2D eigenvalue weighted by Crippen LogP contribution is 2.27. The van der Waals surface area contributed by atoms with Crippen molar-refractivity contribution in [2.75, 3.05) is 50.2 Å². The summed E-state index contributed by atoms with van der Waals surface area (Å²) in [5, 5.41) is 27.2. The Bertz CT molecular complexity index is 2870. The molecule has 0 spiro atoms. The highest BCUT2D eigenvalue weighted by Gasteiger charge is 2.22. The van der Waals surface area contributed by atoms with Crippen molar-refractivity contribution in [1.82, 2.24) is 50.1 Å². The summed E-state index contributed by atoms with van der Waals surface area (Å²) in [7, 11) is 0. The number of benzene rings is 4. The van der Waals surface area contributed by atoms with E-state index in [0.29, 0.717) is 60.5 Å². The van der Waals surface area contributed by atoms with Gasteiger partial charge in [-0.1, -0.05) is 60.7 Å². The zero-order valence-electron chi connectivity index (χ0n) is 38.4. The first-order valence-electron chi connectivity index (χ1n) is 23.3. The van der Waals surface area contributed by atoms with Crippen LogP contribution in [0.4, 0.5) is 11.4 Å². The quantitative estimate of drug-likeness (QED) is 0.0910. The molecule has 8 aromatic rings. The standard InChI is InChI=1S/2C26H26N6O3/c33-25(22-8-7-19(15-32-17-27-16-30-32)20-4-1-2-5-21(20)22)31-23-6-3-11-28-24(23)26(34)29-14-18-9-12-35-13-10-18;33-25(22-8-7-19(15-32-16-29-30-17-32)20-4-1-2-5-21(20)22)31-23-6-3-11-27-24(23)26(34)28-14-18-9-12-35-13-10-18/h1-8,11,16-18H,9-10,12-15H2,(H,29,34)(H,31,33);1-8,11,16-18H,9-10,12-15H2,(H,28,34)(H,31,33). The molecule has 0 aliphatic carbocycles. The molecule has 2 fully saturated rings. The van der Waals surface area contributed by atoms with Gasteiger partial charge in [0.25, 0.3) is 23.6 Å². The fourth-order valence-electron chi connectivity index (χ4n) is 8.68. The average molecular weight is 941 g/mol. The highest BCUT2D eigenvalue weighted by molar-refractivity contribution is 6.16. The van der Waals surface area contributed by atoms with Gasteiger partial charge in [-0.2, -0.15) is 5.10 Å². The van der Waals surface area contributed by atoms with Gasteiger partial charge in [-0.3, -0.25) is 19.2 Å². The van der Waals surface area contributed by atoms with Gasteiger partial charge in [-0.15, -0.1) is 10.2 Å². The van der Waals surface area contributed by atoms with Crippen LogP contribution in [0.1, 0.15) is 78.5 Å². The van der Waals surface area contributed by atoms with Crippen LogP contribution in [0.25, 0.3) is 21.5 Å². The highest BCUT2D eigenvalue weighted by atomic mass is 16.5. The third kappa shape index (κ3) is 11.5. The molecule has 18 nitrogen and oxygen atoms in total. The van der Waals surface area contributed by atoms with Crippen molar-refractivity contribution in [3.8, 4) is 0 Å². The summed E-state index contributed by atoms with van der Waals surface area (Å²) < 4.78 is 14.4. The number of fused-ring (bicyclic) bond motifs is 2. The van der Waals surface area contributed by atoms with E-state index in [-0.39, 0.29) is 35.0 Å². The van der Waals surface area contributed by atoms with Gasteiger partial charge < -0.3 is 35.3 Å². The van der Waals surface area contributed by atoms with E-state index in [1.807, 2.05) is 65.2 Å². The number of hydrogen-bond donors (Lipinski definition) is 4. The van der Waals surface area contributed by atoms with Crippen LogP contribution >= 0.6 is 0 Å². The van der Waals surface area contributed by atoms with E-state index >= 15 is 0 Å². The van der Waals surface area contributed by atoms with Crippen LogP contribution in [0.15, 0.2) is 135 Å². The van der Waals surface area contributed by atoms with Crippen LogP contribution in [0.3, 0.4) is 0 Å². The number of nitrogens with zero attached hydrogens (tertiary/aromatic N) is 8. The molecule has 0 radical (unpaired) electrons. The fraction of sp³-hybridized carbons (Fsp3) is 0.269. The van der Waals surface area contributed by atoms with Gasteiger partial charge in [0.15, 0.2) is 11.4 Å². The van der Waals surface area contributed by atoms with Crippen molar-refractivity contribution < 1.29 is 28.7 Å². The van der Waals surface area contributed by atoms with Gasteiger partial charge in [0, 0.05) is 63.0 Å². The number of nitrogens with one attached hydrogen (secondary N) is 4. The molecule has 0 saturated carbocycles. The molecule has 2 aliphatic heterocycles. The zero-order chi connectivity index (χ0) is 48.1. The van der Waals surface area contributed by atoms with E-state index in [0.717, 1.165) is 84.8 Å². The van der Waals surface area contributed by atoms with Crippen LogP contribution < -0.4 is 21.3 Å². The Kier molecular flexibility index (Phi) is 15.2. The van der Waals surface area contributed by atoms with Crippen molar-refractivity contribution >= 4 is 56.5 Å². The smallest absolute Gasteiger partial charge is 0.272 e. The van der Waals surface area contributed by atoms with Gasteiger partial charge in [0.1, 0.15) is 25.3 Å². The molecule has 70 heavy (non-hydrogen) atoms. The van der Waals surface area contributed by atoms with Crippen LogP contribution in [0.2, 0.25) is 0 Å². The number of carbonyl (C=O) groups excluding carboxylic acids is 4. The zero-order valence-corrected chi connectivity index (χ0v) is 38.4. The van der Waals surface area contributed by atoms with Crippen LogP contribution in [0.5, 0.6) is 0 Å². The van der Waals surface area contributed by atoms with Gasteiger partial charge in [0.05, 0.1) is 24.5 Å². The molecule has 6 heterocycles. The molecule has 356 valence electrons. The minimum atomic E-state index is -0.306. The van der Waals surface area contributed by atoms with Crippen molar-refractivity contribution in [3.63, 3.8) is 0 Å². The lowest BCUT2D eigenvalue weighted by Crippen LogP contribution is -2.33. The van der Waals surface area contributed by atoms with Crippen molar-refractivity contribution in [2.24, 2.45) is 11.8 Å². The van der Waals surface area contributed by atoms with Gasteiger partial charge in [-0.05, 0) is 107 Å². The molecule has 4 N–H and O–H groups in total. The Morgan fingerprint density at radius 3 is 1.47 bits per heavy atom. The Balaban J connectivity index is 0.000000174. The number of hydrogen-bond acceptors (Lipinski definition) is 12. The normalized spacial score (nSPS) is 14.1. The molecule has 4 aromatic carbocycles. The molecular weight excluding hydrogens is 889 g/mol. The largest absolute Gasteiger partial charge is 0.381 e. The Labute approximate surface area is 403 Å². The lowest BCUT2D eigenvalue weighted by molar-refractivity contribution is 0.0642. The third-order valence-corrected chi connectivity index (χ3v) is 12.5. The van der Waals surface area contributed by atoms with Crippen LogP contribution in [0, 0.1) is 11.8 Å². The van der Waals surface area contributed by atoms with E-state index in [1.54, 1.807) is 72.5 Å². The van der Waals surface area contributed by atoms with E-state index in [1.165, 1.54) is 6.33 Å². The molecule has 0 bridgehead atoms. The number of amides is 4.